The highest BCUT2D eigenvalue weighted by atomic mass is 35.5. The van der Waals surface area contributed by atoms with Gasteiger partial charge in [0, 0.05) is 12.1 Å². The summed E-state index contributed by atoms with van der Waals surface area (Å²) in [7, 11) is 0. The maximum absolute atomic E-state index is 12.3. The number of fused-ring (bicyclic) bond motifs is 1. The highest BCUT2D eigenvalue weighted by Gasteiger charge is 2.26. The Bertz CT molecular complexity index is 1210. The molecule has 0 bridgehead atoms. The van der Waals surface area contributed by atoms with Crippen molar-refractivity contribution in [1.29, 1.82) is 5.26 Å². The summed E-state index contributed by atoms with van der Waals surface area (Å²) in [6.45, 7) is 6.00. The van der Waals surface area contributed by atoms with Crippen LogP contribution in [-0.2, 0) is 6.42 Å². The molecule has 0 saturated carbocycles. The van der Waals surface area contributed by atoms with Gasteiger partial charge in [-0.25, -0.2) is 4.79 Å². The third kappa shape index (κ3) is 3.69. The third-order valence-electron chi connectivity index (χ3n) is 4.94. The molecule has 2 aliphatic rings. The zero-order valence-corrected chi connectivity index (χ0v) is 17.8. The molecular formula is C21H15Cl2N5O3. The molecule has 3 amide bonds. The lowest BCUT2D eigenvalue weighted by molar-refractivity contribution is 0.0945. The number of hydrogen-bond donors (Lipinski definition) is 2. The molecule has 156 valence electrons. The van der Waals surface area contributed by atoms with E-state index in [2.05, 4.69) is 22.3 Å². The standard InChI is InChI=1S/C21H15Cl2N5O3/c1-10-13-5-6-25-20(29)14(13)3-4-18(10)31-19-15(22)7-12(8-16(19)23)28-21(30)26-11(2)17(9-24)27-28/h3-4,7-8H,2,5-6H2,1H3,(H,25,29)(H,26,30). The van der Waals surface area contributed by atoms with Crippen LogP contribution < -0.4 is 20.4 Å². The van der Waals surface area contributed by atoms with Crippen LogP contribution in [0, 0.1) is 18.3 Å². The van der Waals surface area contributed by atoms with Crippen LogP contribution in [0.15, 0.2) is 41.6 Å². The number of ether oxygens (including phenoxy) is 1. The summed E-state index contributed by atoms with van der Waals surface area (Å²) in [5.74, 6) is 0.597. The van der Waals surface area contributed by atoms with Gasteiger partial charge >= 0.3 is 6.03 Å². The highest BCUT2D eigenvalue weighted by molar-refractivity contribution is 6.37. The van der Waals surface area contributed by atoms with Crippen molar-refractivity contribution in [2.75, 3.05) is 11.6 Å². The average Bonchev–Trinajstić information content (AvgIpc) is 2.72. The number of carbonyl (C=O) groups excluding carboxylic acids is 2. The smallest absolute Gasteiger partial charge is 0.347 e. The Hall–Kier alpha value is -3.54. The largest absolute Gasteiger partial charge is 0.454 e. The minimum Gasteiger partial charge on any atom is -0.454 e. The normalized spacial score (nSPS) is 15.5. The lowest BCUT2D eigenvalue weighted by atomic mass is 9.95. The molecule has 0 radical (unpaired) electrons. The Morgan fingerprint density at radius 3 is 2.65 bits per heavy atom. The molecule has 0 spiro atoms. The number of anilines is 1. The van der Waals surface area contributed by atoms with Crippen LogP contribution in [0.2, 0.25) is 10.0 Å². The molecule has 0 unspecified atom stereocenters. The summed E-state index contributed by atoms with van der Waals surface area (Å²) < 4.78 is 5.98. The molecule has 2 N–H and O–H groups in total. The van der Waals surface area contributed by atoms with E-state index in [-0.39, 0.29) is 38.8 Å². The minimum absolute atomic E-state index is 0.0408. The van der Waals surface area contributed by atoms with Crippen molar-refractivity contribution in [2.24, 2.45) is 5.10 Å². The fraction of sp³-hybridized carbons (Fsp3) is 0.143. The molecule has 31 heavy (non-hydrogen) atoms. The van der Waals surface area contributed by atoms with E-state index in [0.29, 0.717) is 24.3 Å². The van der Waals surface area contributed by atoms with Crippen molar-refractivity contribution in [3.8, 4) is 17.6 Å². The van der Waals surface area contributed by atoms with Crippen molar-refractivity contribution < 1.29 is 14.3 Å². The molecule has 0 aromatic heterocycles. The van der Waals surface area contributed by atoms with E-state index in [4.69, 9.17) is 33.2 Å². The Morgan fingerprint density at radius 1 is 1.26 bits per heavy atom. The van der Waals surface area contributed by atoms with Crippen LogP contribution in [0.5, 0.6) is 11.5 Å². The Kier molecular flexibility index (Phi) is 5.31. The predicted molar refractivity (Wildman–Crippen MR) is 117 cm³/mol. The maximum Gasteiger partial charge on any atom is 0.347 e. The third-order valence-corrected chi connectivity index (χ3v) is 5.50. The monoisotopic (exact) mass is 455 g/mol. The lowest BCUT2D eigenvalue weighted by Crippen LogP contribution is -2.42. The van der Waals surface area contributed by atoms with E-state index in [9.17, 15) is 9.59 Å². The van der Waals surface area contributed by atoms with E-state index in [0.717, 1.165) is 16.1 Å². The first-order valence-corrected chi connectivity index (χ1v) is 9.92. The van der Waals surface area contributed by atoms with E-state index in [1.54, 1.807) is 12.1 Å². The summed E-state index contributed by atoms with van der Waals surface area (Å²) in [5.41, 5.74) is 2.67. The Balaban J connectivity index is 1.69. The van der Waals surface area contributed by atoms with Gasteiger partial charge in [0.25, 0.3) is 5.91 Å². The van der Waals surface area contributed by atoms with Crippen LogP contribution in [0.25, 0.3) is 0 Å². The van der Waals surface area contributed by atoms with Crippen LogP contribution in [0.1, 0.15) is 21.5 Å². The molecule has 2 heterocycles. The number of urea groups is 1. The molecular weight excluding hydrogens is 441 g/mol. The number of nitrogens with one attached hydrogen (secondary N) is 2. The fourth-order valence-corrected chi connectivity index (χ4v) is 3.92. The number of nitriles is 1. The van der Waals surface area contributed by atoms with Gasteiger partial charge in [-0.1, -0.05) is 29.8 Å². The number of carbonyl (C=O) groups is 2. The van der Waals surface area contributed by atoms with E-state index < -0.39 is 6.03 Å². The first-order valence-electron chi connectivity index (χ1n) is 9.16. The summed E-state index contributed by atoms with van der Waals surface area (Å²) in [6.07, 6.45) is 0.694. The topological polar surface area (TPSA) is 107 Å². The first kappa shape index (κ1) is 20.7. The molecule has 0 aliphatic carbocycles. The minimum atomic E-state index is -0.603. The summed E-state index contributed by atoms with van der Waals surface area (Å²) in [6, 6.07) is 7.55. The average molecular weight is 456 g/mol. The van der Waals surface area contributed by atoms with Crippen LogP contribution >= 0.6 is 23.2 Å². The molecule has 8 nitrogen and oxygen atoms in total. The lowest BCUT2D eigenvalue weighted by Gasteiger charge is -2.24. The van der Waals surface area contributed by atoms with Gasteiger partial charge in [-0.05, 0) is 48.7 Å². The molecule has 0 saturated heterocycles. The number of halogens is 2. The Labute approximate surface area is 187 Å². The number of benzene rings is 2. The molecule has 2 aromatic carbocycles. The van der Waals surface area contributed by atoms with Crippen LogP contribution in [-0.4, -0.2) is 24.2 Å². The molecule has 4 rings (SSSR count). The van der Waals surface area contributed by atoms with Crippen molar-refractivity contribution in [2.45, 2.75) is 13.3 Å². The predicted octanol–water partition coefficient (Wildman–Crippen LogP) is 4.30. The van der Waals surface area contributed by atoms with E-state index in [1.807, 2.05) is 13.0 Å². The number of allylic oxidation sites excluding steroid dienone is 1. The quantitative estimate of drug-likeness (QED) is 0.718. The van der Waals surface area contributed by atoms with Gasteiger partial charge in [-0.3, -0.25) is 4.79 Å². The van der Waals surface area contributed by atoms with E-state index in [1.165, 1.54) is 12.1 Å². The number of hydrazone groups is 1. The maximum atomic E-state index is 12.3. The van der Waals surface area contributed by atoms with Crippen molar-refractivity contribution in [1.82, 2.24) is 10.6 Å². The zero-order chi connectivity index (χ0) is 22.3. The second-order valence-corrected chi connectivity index (χ2v) is 7.66. The van der Waals surface area contributed by atoms with Crippen molar-refractivity contribution >= 4 is 46.5 Å². The van der Waals surface area contributed by atoms with Gasteiger partial charge in [0.05, 0.1) is 21.4 Å². The first-order chi connectivity index (χ1) is 14.8. The van der Waals surface area contributed by atoms with Gasteiger partial charge in [-0.2, -0.15) is 15.4 Å². The Morgan fingerprint density at radius 2 is 1.97 bits per heavy atom. The summed E-state index contributed by atoms with van der Waals surface area (Å²) in [5, 5.41) is 19.6. The second kappa shape index (κ2) is 7.95. The summed E-state index contributed by atoms with van der Waals surface area (Å²) in [4.78, 5) is 24.3. The number of amides is 3. The highest BCUT2D eigenvalue weighted by Crippen LogP contribution is 2.41. The van der Waals surface area contributed by atoms with Crippen molar-refractivity contribution in [3.05, 3.63) is 63.3 Å². The van der Waals surface area contributed by atoms with Gasteiger partial charge in [0.15, 0.2) is 11.5 Å². The van der Waals surface area contributed by atoms with Crippen LogP contribution in [0.3, 0.4) is 0 Å². The molecule has 2 aliphatic heterocycles. The number of hydrogen-bond acceptors (Lipinski definition) is 5. The molecule has 0 atom stereocenters. The molecule has 0 fully saturated rings. The zero-order valence-electron chi connectivity index (χ0n) is 16.3. The van der Waals surface area contributed by atoms with Crippen LogP contribution in [0.4, 0.5) is 10.5 Å². The van der Waals surface area contributed by atoms with Crippen molar-refractivity contribution in [3.63, 3.8) is 0 Å². The fourth-order valence-electron chi connectivity index (χ4n) is 3.37. The van der Waals surface area contributed by atoms with Gasteiger partial charge < -0.3 is 15.4 Å². The van der Waals surface area contributed by atoms with Gasteiger partial charge in [0.1, 0.15) is 11.8 Å². The number of nitrogens with zero attached hydrogens (tertiary/aromatic N) is 3. The van der Waals surface area contributed by atoms with Gasteiger partial charge in [-0.15, -0.1) is 0 Å². The van der Waals surface area contributed by atoms with E-state index >= 15 is 0 Å². The van der Waals surface area contributed by atoms with Gasteiger partial charge in [0.2, 0.25) is 0 Å². The SMILES string of the molecule is C=C1NC(=O)N(c2cc(Cl)c(Oc3ccc4c(c3C)CCNC4=O)c(Cl)c2)N=C1C#N. The molecule has 10 heteroatoms. The summed E-state index contributed by atoms with van der Waals surface area (Å²) >= 11 is 12.8. The molecule has 2 aromatic rings. The number of rotatable bonds is 3. The second-order valence-electron chi connectivity index (χ2n) is 6.84.